The first-order valence-electron chi connectivity index (χ1n) is 14.0. The van der Waals surface area contributed by atoms with E-state index in [1.807, 2.05) is 0 Å². The van der Waals surface area contributed by atoms with Crippen LogP contribution >= 0.6 is 15.9 Å². The van der Waals surface area contributed by atoms with Crippen LogP contribution in [0.15, 0.2) is 0 Å². The molecule has 0 aromatic rings. The van der Waals surface area contributed by atoms with Crippen LogP contribution in [0.25, 0.3) is 0 Å². The molecule has 14 heteroatoms. The number of ketones is 2. The zero-order valence-electron chi connectivity index (χ0n) is 24.6. The Morgan fingerprint density at radius 1 is 1.00 bits per heavy atom. The maximum absolute atomic E-state index is 16.7. The van der Waals surface area contributed by atoms with Gasteiger partial charge in [-0.25, -0.2) is 4.39 Å². The summed E-state index contributed by atoms with van der Waals surface area (Å²) in [6, 6.07) is 0. The molecule has 0 aromatic heterocycles. The zero-order valence-corrected chi connectivity index (χ0v) is 27.0. The number of alkyl halides is 2. The smallest absolute Gasteiger partial charge is 0.303 e. The Bertz CT molecular complexity index is 1300. The van der Waals surface area contributed by atoms with Crippen LogP contribution in [0.2, 0.25) is 0 Å². The van der Waals surface area contributed by atoms with Crippen LogP contribution in [0.1, 0.15) is 73.1 Å². The van der Waals surface area contributed by atoms with Crippen molar-refractivity contribution in [3.8, 4) is 0 Å². The molecule has 11 nitrogen and oxygen atoms in total. The Kier molecular flexibility index (Phi) is 8.56. The molecule has 4 aliphatic rings. The first kappa shape index (κ1) is 33.0. The van der Waals surface area contributed by atoms with Gasteiger partial charge in [-0.3, -0.25) is 28.2 Å². The summed E-state index contributed by atoms with van der Waals surface area (Å²) in [5.41, 5.74) is -6.14. The number of hydrogen-bond acceptors (Lipinski definition) is 11. The van der Waals surface area contributed by atoms with Gasteiger partial charge in [-0.2, -0.15) is 8.42 Å². The van der Waals surface area contributed by atoms with E-state index in [1.54, 1.807) is 13.8 Å². The maximum Gasteiger partial charge on any atom is 0.303 e. The molecule has 236 valence electrons. The van der Waals surface area contributed by atoms with Gasteiger partial charge in [0.15, 0.2) is 23.6 Å². The van der Waals surface area contributed by atoms with Crippen LogP contribution in [0, 0.1) is 28.6 Å². The SMILES string of the molecule is CC(=O)OCC(=O)[C@@]1(OC(C)=O)CC[C@H]2[C@@H]3C[C@@H](F)[C@@]4(OC(C)=O)CC(=O)[C@H](Br)C[C@]4(C)[C@H]3[C@H](OS(C)(=O)=O)C[C@@]21C. The highest BCUT2D eigenvalue weighted by Crippen LogP contribution is 2.71. The predicted molar refractivity (Wildman–Crippen MR) is 147 cm³/mol. The number of Topliss-reactive ketones (excluding diaryl/α,β-unsaturated/α-hetero) is 2. The van der Waals surface area contributed by atoms with E-state index in [0.717, 1.165) is 27.0 Å². The Hall–Kier alpha value is -1.93. The quantitative estimate of drug-likeness (QED) is 0.169. The molecule has 10 atom stereocenters. The number of carbonyl (C=O) groups is 5. The van der Waals surface area contributed by atoms with E-state index in [4.69, 9.17) is 18.4 Å². The monoisotopic (exact) mass is 680 g/mol. The second kappa shape index (κ2) is 10.9. The van der Waals surface area contributed by atoms with Gasteiger partial charge >= 0.3 is 17.9 Å². The van der Waals surface area contributed by atoms with Crippen molar-refractivity contribution in [1.82, 2.24) is 0 Å². The number of rotatable bonds is 7. The standard InChI is InChI=1S/C28H38BrFO11S/c1-14(31)38-13-23(35)27(39-15(2)32)8-7-18-17-9-22(30)28(40-16(3)33)11-20(34)19(29)10-26(28,5)24(17)21(12-25(18,27)4)41-42(6,36)37/h17-19,21-22,24H,7-13H2,1-6H3/t17-,18-,19+,21+,22+,24+,25-,26+,27-,28-/m0/s1. The minimum atomic E-state index is -4.12. The second-order valence-electron chi connectivity index (χ2n) is 12.8. The molecule has 4 aliphatic carbocycles. The Morgan fingerprint density at radius 3 is 2.17 bits per heavy atom. The number of esters is 3. The normalized spacial score (nSPS) is 42.9. The zero-order chi connectivity index (χ0) is 31.6. The average molecular weight is 682 g/mol. The van der Waals surface area contributed by atoms with Crippen molar-refractivity contribution >= 4 is 55.5 Å². The summed E-state index contributed by atoms with van der Waals surface area (Å²) >= 11 is 3.40. The fourth-order valence-electron chi connectivity index (χ4n) is 9.08. The molecule has 0 aliphatic heterocycles. The lowest BCUT2D eigenvalue weighted by atomic mass is 9.41. The van der Waals surface area contributed by atoms with Gasteiger partial charge in [0, 0.05) is 31.6 Å². The summed E-state index contributed by atoms with van der Waals surface area (Å²) in [5.74, 6) is -5.01. The van der Waals surface area contributed by atoms with Crippen LogP contribution in [0.3, 0.4) is 0 Å². The lowest BCUT2D eigenvalue weighted by Crippen LogP contribution is -2.73. The van der Waals surface area contributed by atoms with Crippen LogP contribution in [0.4, 0.5) is 4.39 Å². The minimum Gasteiger partial charge on any atom is -0.458 e. The van der Waals surface area contributed by atoms with Gasteiger partial charge in [0.2, 0.25) is 5.78 Å². The third-order valence-electron chi connectivity index (χ3n) is 10.4. The summed E-state index contributed by atoms with van der Waals surface area (Å²) in [5, 5.41) is 0. The third kappa shape index (κ3) is 5.12. The number of hydrogen-bond donors (Lipinski definition) is 0. The summed E-state index contributed by atoms with van der Waals surface area (Å²) < 4.78 is 64.2. The lowest BCUT2D eigenvalue weighted by Gasteiger charge is -2.66. The van der Waals surface area contributed by atoms with Crippen LogP contribution in [-0.2, 0) is 52.5 Å². The van der Waals surface area contributed by atoms with Gasteiger partial charge < -0.3 is 14.2 Å². The second-order valence-corrected chi connectivity index (χ2v) is 15.5. The molecule has 0 aromatic carbocycles. The van der Waals surface area contributed by atoms with Crippen molar-refractivity contribution in [2.75, 3.05) is 12.9 Å². The van der Waals surface area contributed by atoms with Gasteiger partial charge in [0.1, 0.15) is 6.17 Å². The fourth-order valence-corrected chi connectivity index (χ4v) is 10.6. The Labute approximate surface area is 253 Å². The molecule has 0 amide bonds. The van der Waals surface area contributed by atoms with Crippen molar-refractivity contribution in [1.29, 1.82) is 0 Å². The Morgan fingerprint density at radius 2 is 1.62 bits per heavy atom. The molecule has 4 fully saturated rings. The van der Waals surface area contributed by atoms with E-state index in [-0.39, 0.29) is 31.5 Å². The third-order valence-corrected chi connectivity index (χ3v) is 11.9. The topological polar surface area (TPSA) is 156 Å². The minimum absolute atomic E-state index is 0.0466. The number of fused-ring (bicyclic) bond motifs is 5. The molecule has 42 heavy (non-hydrogen) atoms. The molecule has 4 saturated carbocycles. The molecular formula is C28H38BrFO11S. The molecule has 0 radical (unpaired) electrons. The summed E-state index contributed by atoms with van der Waals surface area (Å²) in [6.45, 7) is 6.17. The highest BCUT2D eigenvalue weighted by Gasteiger charge is 2.76. The van der Waals surface area contributed by atoms with Crippen molar-refractivity contribution in [3.63, 3.8) is 0 Å². The van der Waals surface area contributed by atoms with Crippen molar-refractivity contribution < 1.29 is 55.2 Å². The van der Waals surface area contributed by atoms with Crippen molar-refractivity contribution in [3.05, 3.63) is 0 Å². The van der Waals surface area contributed by atoms with Crippen molar-refractivity contribution in [2.24, 2.45) is 28.6 Å². The summed E-state index contributed by atoms with van der Waals surface area (Å²) in [4.78, 5) is 62.3. The Balaban J connectivity index is 1.91. The van der Waals surface area contributed by atoms with E-state index < -0.39 is 104 Å². The molecule has 0 spiro atoms. The highest BCUT2D eigenvalue weighted by atomic mass is 79.9. The van der Waals surface area contributed by atoms with Crippen LogP contribution in [0.5, 0.6) is 0 Å². The fraction of sp³-hybridized carbons (Fsp3) is 0.821. The molecule has 4 rings (SSSR count). The van der Waals surface area contributed by atoms with Crippen LogP contribution in [-0.4, -0.2) is 79.1 Å². The van der Waals surface area contributed by atoms with E-state index in [0.29, 0.717) is 6.42 Å². The van der Waals surface area contributed by atoms with Crippen molar-refractivity contribution in [2.45, 2.75) is 101 Å². The summed E-state index contributed by atoms with van der Waals surface area (Å²) in [7, 11) is -4.12. The van der Waals surface area contributed by atoms with Gasteiger partial charge in [-0.1, -0.05) is 29.8 Å². The highest BCUT2D eigenvalue weighted by molar-refractivity contribution is 9.10. The first-order valence-corrected chi connectivity index (χ1v) is 16.7. The molecule has 0 heterocycles. The van der Waals surface area contributed by atoms with Crippen LogP contribution < -0.4 is 0 Å². The van der Waals surface area contributed by atoms with Gasteiger partial charge in [0.25, 0.3) is 10.1 Å². The molecule has 0 unspecified atom stereocenters. The van der Waals surface area contributed by atoms with E-state index >= 15 is 4.39 Å². The summed E-state index contributed by atoms with van der Waals surface area (Å²) in [6.07, 6.45) is -2.33. The maximum atomic E-state index is 16.7. The first-order chi connectivity index (χ1) is 19.2. The predicted octanol–water partition coefficient (Wildman–Crippen LogP) is 2.99. The molecule has 0 saturated heterocycles. The molecule has 0 N–H and O–H groups in total. The lowest BCUT2D eigenvalue weighted by molar-refractivity contribution is -0.266. The van der Waals surface area contributed by atoms with E-state index in [9.17, 15) is 32.4 Å². The van der Waals surface area contributed by atoms with Gasteiger partial charge in [0.05, 0.1) is 23.6 Å². The van der Waals surface area contributed by atoms with Gasteiger partial charge in [-0.15, -0.1) is 0 Å². The van der Waals surface area contributed by atoms with Gasteiger partial charge in [-0.05, 0) is 49.9 Å². The average Bonchev–Trinajstić information content (AvgIpc) is 3.10. The van der Waals surface area contributed by atoms with E-state index in [2.05, 4.69) is 15.9 Å². The molecule has 0 bridgehead atoms. The number of carbonyl (C=O) groups excluding carboxylic acids is 5. The number of ether oxygens (including phenoxy) is 3. The number of halogens is 2. The molecular weight excluding hydrogens is 643 g/mol. The van der Waals surface area contributed by atoms with E-state index in [1.165, 1.54) is 0 Å². The largest absolute Gasteiger partial charge is 0.458 e.